The van der Waals surface area contributed by atoms with Gasteiger partial charge in [-0.15, -0.1) is 0 Å². The zero-order valence-corrected chi connectivity index (χ0v) is 16.5. The molecule has 0 aliphatic heterocycles. The van der Waals surface area contributed by atoms with E-state index in [4.69, 9.17) is 0 Å². The Balaban J connectivity index is 1.65. The number of fused-ring (bicyclic) bond motifs is 1. The largest absolute Gasteiger partial charge is 0.326 e. The molecule has 0 bridgehead atoms. The normalized spacial score (nSPS) is 11.6. The Bertz CT molecular complexity index is 989. The van der Waals surface area contributed by atoms with Crippen molar-refractivity contribution in [2.45, 2.75) is 25.8 Å². The van der Waals surface area contributed by atoms with Gasteiger partial charge in [0.05, 0.1) is 17.3 Å². The standard InChI is InChI=1S/C19H21N5O2S/c1-19(2,3)18(26)23-13-7-5-12(6-8-13)15(25)10-27-17-14-9-22-24(4)16(14)20-11-21-17/h5-9,11H,10H2,1-4H3,(H,23,26). The average molecular weight is 383 g/mol. The topological polar surface area (TPSA) is 89.8 Å². The number of nitrogens with one attached hydrogen (secondary N) is 1. The molecular weight excluding hydrogens is 362 g/mol. The SMILES string of the molecule is Cn1ncc2c(SCC(=O)c3ccc(NC(=O)C(C)(C)C)cc3)ncnc21. The van der Waals surface area contributed by atoms with Crippen molar-refractivity contribution in [2.75, 3.05) is 11.1 Å². The van der Waals surface area contributed by atoms with Crippen molar-refractivity contribution in [3.63, 3.8) is 0 Å². The van der Waals surface area contributed by atoms with Gasteiger partial charge in [-0.2, -0.15) is 5.10 Å². The highest BCUT2D eigenvalue weighted by atomic mass is 32.2. The zero-order chi connectivity index (χ0) is 19.6. The van der Waals surface area contributed by atoms with Gasteiger partial charge in [-0.1, -0.05) is 32.5 Å². The van der Waals surface area contributed by atoms with Crippen molar-refractivity contribution in [2.24, 2.45) is 12.5 Å². The molecule has 0 atom stereocenters. The number of thioether (sulfide) groups is 1. The van der Waals surface area contributed by atoms with Crippen molar-refractivity contribution in [1.29, 1.82) is 0 Å². The van der Waals surface area contributed by atoms with E-state index in [0.717, 1.165) is 16.1 Å². The van der Waals surface area contributed by atoms with Crippen molar-refractivity contribution in [3.8, 4) is 0 Å². The van der Waals surface area contributed by atoms with E-state index >= 15 is 0 Å². The molecule has 1 amide bonds. The number of aromatic nitrogens is 4. The van der Waals surface area contributed by atoms with E-state index in [9.17, 15) is 9.59 Å². The van der Waals surface area contributed by atoms with Gasteiger partial charge in [0.25, 0.3) is 0 Å². The molecule has 8 heteroatoms. The highest BCUT2D eigenvalue weighted by Gasteiger charge is 2.21. The first kappa shape index (κ1) is 19.0. The maximum atomic E-state index is 12.5. The fourth-order valence-corrected chi connectivity index (χ4v) is 3.19. The molecule has 7 nitrogen and oxygen atoms in total. The first-order valence-corrected chi connectivity index (χ1v) is 9.44. The molecule has 27 heavy (non-hydrogen) atoms. The molecule has 2 heterocycles. The van der Waals surface area contributed by atoms with E-state index in [1.807, 2.05) is 27.8 Å². The van der Waals surface area contributed by atoms with Crippen LogP contribution in [0.3, 0.4) is 0 Å². The Kier molecular flexibility index (Phi) is 5.27. The molecular formula is C19H21N5O2S. The second kappa shape index (κ2) is 7.48. The number of hydrogen-bond acceptors (Lipinski definition) is 6. The number of anilines is 1. The van der Waals surface area contributed by atoms with Crippen molar-refractivity contribution >= 4 is 40.2 Å². The lowest BCUT2D eigenvalue weighted by Gasteiger charge is -2.17. The Hall–Kier alpha value is -2.74. The van der Waals surface area contributed by atoms with Crippen LogP contribution >= 0.6 is 11.8 Å². The van der Waals surface area contributed by atoms with Crippen LogP contribution in [0, 0.1) is 5.41 Å². The highest BCUT2D eigenvalue weighted by Crippen LogP contribution is 2.25. The predicted octanol–water partition coefficient (Wildman–Crippen LogP) is 3.32. The average Bonchev–Trinajstić information content (AvgIpc) is 3.01. The van der Waals surface area contributed by atoms with Crippen LogP contribution in [-0.4, -0.2) is 37.2 Å². The molecule has 0 aliphatic rings. The van der Waals surface area contributed by atoms with Gasteiger partial charge in [-0.05, 0) is 24.3 Å². The second-order valence-electron chi connectivity index (χ2n) is 7.18. The van der Waals surface area contributed by atoms with E-state index in [1.54, 1.807) is 35.1 Å². The third-order valence-electron chi connectivity index (χ3n) is 3.98. The van der Waals surface area contributed by atoms with Crippen molar-refractivity contribution < 1.29 is 9.59 Å². The van der Waals surface area contributed by atoms with Gasteiger partial charge in [0.1, 0.15) is 11.4 Å². The monoisotopic (exact) mass is 383 g/mol. The molecule has 0 saturated heterocycles. The lowest BCUT2D eigenvalue weighted by molar-refractivity contribution is -0.123. The number of carbonyl (C=O) groups is 2. The number of carbonyl (C=O) groups excluding carboxylic acids is 2. The first-order chi connectivity index (χ1) is 12.8. The van der Waals surface area contributed by atoms with Crippen LogP contribution in [0.5, 0.6) is 0 Å². The van der Waals surface area contributed by atoms with Crippen molar-refractivity contribution in [3.05, 3.63) is 42.4 Å². The maximum absolute atomic E-state index is 12.5. The minimum Gasteiger partial charge on any atom is -0.326 e. The third kappa shape index (κ3) is 4.33. The summed E-state index contributed by atoms with van der Waals surface area (Å²) in [5.41, 5.74) is 1.53. The lowest BCUT2D eigenvalue weighted by atomic mass is 9.95. The zero-order valence-electron chi connectivity index (χ0n) is 15.7. The van der Waals surface area contributed by atoms with Crippen LogP contribution in [0.1, 0.15) is 31.1 Å². The van der Waals surface area contributed by atoms with Crippen LogP contribution in [0.2, 0.25) is 0 Å². The summed E-state index contributed by atoms with van der Waals surface area (Å²) in [6.45, 7) is 5.55. The highest BCUT2D eigenvalue weighted by molar-refractivity contribution is 8.00. The predicted molar refractivity (Wildman–Crippen MR) is 106 cm³/mol. The molecule has 0 saturated carbocycles. The van der Waals surface area contributed by atoms with Gasteiger partial charge >= 0.3 is 0 Å². The number of ketones is 1. The number of aryl methyl sites for hydroxylation is 1. The van der Waals surface area contributed by atoms with Crippen LogP contribution in [0.15, 0.2) is 41.8 Å². The summed E-state index contributed by atoms with van der Waals surface area (Å²) < 4.78 is 1.67. The minimum atomic E-state index is -0.472. The molecule has 0 unspecified atom stereocenters. The number of nitrogens with zero attached hydrogens (tertiary/aromatic N) is 4. The number of rotatable bonds is 5. The summed E-state index contributed by atoms with van der Waals surface area (Å²) in [6.07, 6.45) is 3.18. The number of amides is 1. The summed E-state index contributed by atoms with van der Waals surface area (Å²) >= 11 is 1.36. The number of Topliss-reactive ketones (excluding diaryl/α,β-unsaturated/α-hetero) is 1. The van der Waals surface area contributed by atoms with Crippen LogP contribution in [0.25, 0.3) is 11.0 Å². The summed E-state index contributed by atoms with van der Waals surface area (Å²) in [7, 11) is 1.81. The molecule has 3 rings (SSSR count). The Morgan fingerprint density at radius 3 is 2.52 bits per heavy atom. The first-order valence-electron chi connectivity index (χ1n) is 8.46. The summed E-state index contributed by atoms with van der Waals surface area (Å²) in [6, 6.07) is 6.93. The maximum Gasteiger partial charge on any atom is 0.229 e. The fraction of sp³-hybridized carbons (Fsp3) is 0.316. The quantitative estimate of drug-likeness (QED) is 0.413. The van der Waals surface area contributed by atoms with E-state index < -0.39 is 5.41 Å². The molecule has 3 aromatic rings. The second-order valence-corrected chi connectivity index (χ2v) is 8.14. The summed E-state index contributed by atoms with van der Waals surface area (Å²) in [4.78, 5) is 32.9. The molecule has 1 N–H and O–H groups in total. The van der Waals surface area contributed by atoms with Crippen LogP contribution in [-0.2, 0) is 11.8 Å². The molecule has 0 fully saturated rings. The van der Waals surface area contributed by atoms with E-state index in [2.05, 4.69) is 20.4 Å². The van der Waals surface area contributed by atoms with E-state index in [0.29, 0.717) is 11.3 Å². The van der Waals surface area contributed by atoms with Gasteiger partial charge in [0.15, 0.2) is 11.4 Å². The van der Waals surface area contributed by atoms with Gasteiger partial charge in [0, 0.05) is 23.7 Å². The van der Waals surface area contributed by atoms with Crippen LogP contribution in [0.4, 0.5) is 5.69 Å². The van der Waals surface area contributed by atoms with Crippen molar-refractivity contribution in [1.82, 2.24) is 19.7 Å². The van der Waals surface area contributed by atoms with Gasteiger partial charge < -0.3 is 5.32 Å². The molecule has 0 aliphatic carbocycles. The Morgan fingerprint density at radius 1 is 1.15 bits per heavy atom. The van der Waals surface area contributed by atoms with E-state index in [-0.39, 0.29) is 17.4 Å². The Morgan fingerprint density at radius 2 is 1.85 bits per heavy atom. The molecule has 0 radical (unpaired) electrons. The minimum absolute atomic E-state index is 0.00986. The van der Waals surface area contributed by atoms with Crippen LogP contribution < -0.4 is 5.32 Å². The van der Waals surface area contributed by atoms with E-state index in [1.165, 1.54) is 18.1 Å². The smallest absolute Gasteiger partial charge is 0.229 e. The number of hydrogen-bond donors (Lipinski definition) is 1. The van der Waals surface area contributed by atoms with Gasteiger partial charge in [-0.25, -0.2) is 9.97 Å². The summed E-state index contributed by atoms with van der Waals surface area (Å²) in [5.74, 6) is 0.181. The Labute approximate surface area is 161 Å². The van der Waals surface area contributed by atoms with Gasteiger partial charge in [0.2, 0.25) is 5.91 Å². The number of benzene rings is 1. The molecule has 2 aromatic heterocycles. The lowest BCUT2D eigenvalue weighted by Crippen LogP contribution is -2.27. The molecule has 140 valence electrons. The molecule has 0 spiro atoms. The fourth-order valence-electron chi connectivity index (χ4n) is 2.33. The molecule has 1 aromatic carbocycles. The van der Waals surface area contributed by atoms with Gasteiger partial charge in [-0.3, -0.25) is 14.3 Å². The summed E-state index contributed by atoms with van der Waals surface area (Å²) in [5, 5.41) is 8.58. The third-order valence-corrected chi connectivity index (χ3v) is 4.98.